The van der Waals surface area contributed by atoms with Crippen molar-refractivity contribution in [1.82, 2.24) is 0 Å². The highest BCUT2D eigenvalue weighted by molar-refractivity contribution is 5.85. The van der Waals surface area contributed by atoms with Gasteiger partial charge >= 0.3 is 5.97 Å². The Labute approximate surface area is 106 Å². The molecule has 3 N–H and O–H groups in total. The Morgan fingerprint density at radius 2 is 1.56 bits per heavy atom. The highest BCUT2D eigenvalue weighted by Crippen LogP contribution is 2.36. The molecule has 0 radical (unpaired) electrons. The third kappa shape index (κ3) is 2.47. The Hall–Kier alpha value is -1.97. The second kappa shape index (κ2) is 5.12. The van der Waals surface area contributed by atoms with Crippen LogP contribution in [0.5, 0.6) is 11.5 Å². The molecule has 4 heteroatoms. The number of benzene rings is 1. The number of hydrogen-bond acceptors (Lipinski definition) is 3. The highest BCUT2D eigenvalue weighted by Gasteiger charge is 2.15. The minimum absolute atomic E-state index is 0.122. The van der Waals surface area contributed by atoms with Gasteiger partial charge in [0.25, 0.3) is 0 Å². The largest absolute Gasteiger partial charge is 0.507 e. The van der Waals surface area contributed by atoms with E-state index in [1.807, 2.05) is 0 Å². The molecule has 0 spiro atoms. The molecule has 1 aromatic carbocycles. The minimum Gasteiger partial charge on any atom is -0.507 e. The van der Waals surface area contributed by atoms with Crippen molar-refractivity contribution in [3.63, 3.8) is 0 Å². The van der Waals surface area contributed by atoms with Gasteiger partial charge in [0, 0.05) is 11.1 Å². The van der Waals surface area contributed by atoms with Crippen LogP contribution in [0.15, 0.2) is 11.6 Å². The number of aromatic hydroxyl groups is 2. The molecule has 18 heavy (non-hydrogen) atoms. The maximum Gasteiger partial charge on any atom is 0.330 e. The average Bonchev–Trinajstić information content (AvgIpc) is 2.33. The van der Waals surface area contributed by atoms with Gasteiger partial charge in [-0.15, -0.1) is 0 Å². The number of carbonyl (C=O) groups is 1. The Morgan fingerprint density at radius 1 is 1.06 bits per heavy atom. The van der Waals surface area contributed by atoms with Gasteiger partial charge in [-0.3, -0.25) is 0 Å². The van der Waals surface area contributed by atoms with Gasteiger partial charge in [-0.05, 0) is 50.8 Å². The number of aliphatic carboxylic acids is 1. The second-order valence-corrected chi connectivity index (χ2v) is 4.45. The molecule has 0 saturated carbocycles. The summed E-state index contributed by atoms with van der Waals surface area (Å²) in [6.45, 7) is 6.66. The molecule has 0 heterocycles. The van der Waals surface area contributed by atoms with Gasteiger partial charge in [0.15, 0.2) is 0 Å². The molecule has 0 fully saturated rings. The summed E-state index contributed by atoms with van der Waals surface area (Å²) in [5.74, 6) is -0.709. The summed E-state index contributed by atoms with van der Waals surface area (Å²) in [4.78, 5) is 10.7. The Kier molecular flexibility index (Phi) is 4.01. The summed E-state index contributed by atoms with van der Waals surface area (Å²) in [5, 5.41) is 28.7. The lowest BCUT2D eigenvalue weighted by Crippen LogP contribution is -1.99. The van der Waals surface area contributed by atoms with E-state index in [2.05, 4.69) is 0 Å². The van der Waals surface area contributed by atoms with Crippen molar-refractivity contribution in [2.24, 2.45) is 0 Å². The first kappa shape index (κ1) is 14.1. The quantitative estimate of drug-likeness (QED) is 0.569. The van der Waals surface area contributed by atoms with Crippen LogP contribution in [0.1, 0.15) is 29.2 Å². The molecule has 98 valence electrons. The van der Waals surface area contributed by atoms with Gasteiger partial charge in [-0.2, -0.15) is 0 Å². The molecule has 1 rings (SSSR count). The molecule has 0 aliphatic heterocycles. The molecule has 0 bridgehead atoms. The first-order chi connectivity index (χ1) is 8.27. The third-order valence-corrected chi connectivity index (χ3v) is 3.32. The van der Waals surface area contributed by atoms with E-state index in [1.165, 1.54) is 13.0 Å². The topological polar surface area (TPSA) is 77.8 Å². The maximum absolute atomic E-state index is 10.7. The van der Waals surface area contributed by atoms with Crippen LogP contribution in [-0.4, -0.2) is 21.3 Å². The van der Waals surface area contributed by atoms with E-state index in [-0.39, 0.29) is 23.5 Å². The van der Waals surface area contributed by atoms with Crippen molar-refractivity contribution in [3.8, 4) is 11.5 Å². The van der Waals surface area contributed by atoms with Gasteiger partial charge in [0.2, 0.25) is 0 Å². The molecule has 0 amide bonds. The van der Waals surface area contributed by atoms with E-state index in [1.54, 1.807) is 20.8 Å². The lowest BCUT2D eigenvalue weighted by molar-refractivity contribution is -0.132. The lowest BCUT2D eigenvalue weighted by Gasteiger charge is -2.14. The van der Waals surface area contributed by atoms with Crippen LogP contribution >= 0.6 is 0 Å². The van der Waals surface area contributed by atoms with Gasteiger partial charge in [-0.1, -0.05) is 6.08 Å². The fourth-order valence-electron chi connectivity index (χ4n) is 1.78. The zero-order chi connectivity index (χ0) is 14.0. The predicted molar refractivity (Wildman–Crippen MR) is 69.1 cm³/mol. The zero-order valence-electron chi connectivity index (χ0n) is 11.0. The molecule has 0 saturated heterocycles. The summed E-state index contributed by atoms with van der Waals surface area (Å²) < 4.78 is 0. The fourth-order valence-corrected chi connectivity index (χ4v) is 1.78. The number of carboxylic acids is 1. The van der Waals surface area contributed by atoms with E-state index in [9.17, 15) is 15.0 Å². The van der Waals surface area contributed by atoms with E-state index in [0.29, 0.717) is 22.3 Å². The normalized spacial score (nSPS) is 11.7. The molecule has 0 aliphatic rings. The smallest absolute Gasteiger partial charge is 0.330 e. The lowest BCUT2D eigenvalue weighted by atomic mass is 9.95. The van der Waals surface area contributed by atoms with Crippen LogP contribution in [-0.2, 0) is 11.2 Å². The Bertz CT molecular complexity index is 498. The molecular formula is C14H18O4. The number of phenols is 2. The third-order valence-electron chi connectivity index (χ3n) is 3.32. The van der Waals surface area contributed by atoms with Crippen LogP contribution in [0, 0.1) is 20.8 Å². The van der Waals surface area contributed by atoms with Crippen LogP contribution in [0.4, 0.5) is 0 Å². The van der Waals surface area contributed by atoms with Crippen molar-refractivity contribution < 1.29 is 20.1 Å². The van der Waals surface area contributed by atoms with Crippen molar-refractivity contribution in [1.29, 1.82) is 0 Å². The first-order valence-electron chi connectivity index (χ1n) is 5.68. The van der Waals surface area contributed by atoms with E-state index in [4.69, 9.17) is 5.11 Å². The minimum atomic E-state index is -0.986. The van der Waals surface area contributed by atoms with Crippen molar-refractivity contribution in [2.45, 2.75) is 34.1 Å². The Morgan fingerprint density at radius 3 is 2.06 bits per heavy atom. The molecule has 0 unspecified atom stereocenters. The molecule has 0 atom stereocenters. The highest BCUT2D eigenvalue weighted by atomic mass is 16.4. The number of hydrogen-bond donors (Lipinski definition) is 3. The number of phenolic OH excluding ortho intramolecular Hbond substituents is 2. The second-order valence-electron chi connectivity index (χ2n) is 4.45. The predicted octanol–water partition coefficient (Wildman–Crippen LogP) is 2.60. The van der Waals surface area contributed by atoms with Crippen molar-refractivity contribution in [3.05, 3.63) is 33.9 Å². The van der Waals surface area contributed by atoms with Gasteiger partial charge in [0.1, 0.15) is 11.5 Å². The molecular weight excluding hydrogens is 232 g/mol. The van der Waals surface area contributed by atoms with E-state index < -0.39 is 5.97 Å². The van der Waals surface area contributed by atoms with Crippen LogP contribution in [0.3, 0.4) is 0 Å². The van der Waals surface area contributed by atoms with Crippen LogP contribution < -0.4 is 0 Å². The SMILES string of the molecule is C/C(=C\Cc1c(C)c(O)c(C)c(C)c1O)C(=O)O. The summed E-state index contributed by atoms with van der Waals surface area (Å²) in [5.41, 5.74) is 2.63. The summed E-state index contributed by atoms with van der Waals surface area (Å²) in [6.07, 6.45) is 1.81. The zero-order valence-corrected chi connectivity index (χ0v) is 11.0. The number of allylic oxidation sites excluding steroid dienone is 1. The number of rotatable bonds is 3. The summed E-state index contributed by atoms with van der Waals surface area (Å²) >= 11 is 0. The Balaban J connectivity index is 3.27. The molecule has 0 aromatic heterocycles. The average molecular weight is 250 g/mol. The van der Waals surface area contributed by atoms with Crippen molar-refractivity contribution in [2.75, 3.05) is 0 Å². The fraction of sp³-hybridized carbons (Fsp3) is 0.357. The first-order valence-corrected chi connectivity index (χ1v) is 5.68. The van der Waals surface area contributed by atoms with Gasteiger partial charge in [-0.25, -0.2) is 4.79 Å². The standard InChI is InChI=1S/C14H18O4/c1-7(14(17)18)5-6-11-10(4)12(15)8(2)9(3)13(11)16/h5,15-16H,6H2,1-4H3,(H,17,18)/b7-5+. The van der Waals surface area contributed by atoms with E-state index >= 15 is 0 Å². The molecule has 4 nitrogen and oxygen atoms in total. The van der Waals surface area contributed by atoms with Crippen LogP contribution in [0.2, 0.25) is 0 Å². The summed E-state index contributed by atoms with van der Waals surface area (Å²) in [7, 11) is 0. The van der Waals surface area contributed by atoms with Crippen molar-refractivity contribution >= 4 is 5.97 Å². The maximum atomic E-state index is 10.7. The van der Waals surface area contributed by atoms with Gasteiger partial charge < -0.3 is 15.3 Å². The van der Waals surface area contributed by atoms with Crippen LogP contribution in [0.25, 0.3) is 0 Å². The van der Waals surface area contributed by atoms with E-state index in [0.717, 1.165) is 0 Å². The summed E-state index contributed by atoms with van der Waals surface area (Å²) in [6, 6.07) is 0. The van der Waals surface area contributed by atoms with Gasteiger partial charge in [0.05, 0.1) is 0 Å². The monoisotopic (exact) mass is 250 g/mol. The number of carboxylic acid groups (broad SMARTS) is 1. The molecule has 1 aromatic rings. The molecule has 0 aliphatic carbocycles.